The van der Waals surface area contributed by atoms with Gasteiger partial charge in [0.15, 0.2) is 5.75 Å². The lowest BCUT2D eigenvalue weighted by Crippen LogP contribution is -2.11. The number of carbonyl (C=O) groups is 1. The van der Waals surface area contributed by atoms with Crippen LogP contribution in [0.4, 0.5) is 0 Å². The van der Waals surface area contributed by atoms with Crippen LogP contribution in [0.1, 0.15) is 0 Å². The Balaban J connectivity index is 1.58. The number of rotatable bonds is 5. The van der Waals surface area contributed by atoms with E-state index < -0.39 is 5.97 Å². The van der Waals surface area contributed by atoms with Crippen LogP contribution in [0.3, 0.4) is 0 Å². The van der Waals surface area contributed by atoms with Gasteiger partial charge in [0.2, 0.25) is 5.89 Å². The molecule has 122 valence electrons. The van der Waals surface area contributed by atoms with Crippen LogP contribution >= 0.6 is 39.3 Å². The molecule has 9 heteroatoms. The van der Waals surface area contributed by atoms with Gasteiger partial charge < -0.3 is 9.15 Å². The Kier molecular flexibility index (Phi) is 5.49. The van der Waals surface area contributed by atoms with Crippen LogP contribution in [-0.2, 0) is 4.79 Å². The molecular formula is C15H9BrClN3O3S. The van der Waals surface area contributed by atoms with Crippen molar-refractivity contribution in [2.45, 2.75) is 5.22 Å². The van der Waals surface area contributed by atoms with Crippen LogP contribution in [0.5, 0.6) is 5.75 Å². The Bertz CT molecular complexity index is 857. The molecule has 0 radical (unpaired) electrons. The summed E-state index contributed by atoms with van der Waals surface area (Å²) in [7, 11) is 0. The average Bonchev–Trinajstić information content (AvgIpc) is 3.05. The van der Waals surface area contributed by atoms with Gasteiger partial charge in [-0.3, -0.25) is 4.79 Å². The normalized spacial score (nSPS) is 10.6. The summed E-state index contributed by atoms with van der Waals surface area (Å²) in [6.45, 7) is 0. The highest BCUT2D eigenvalue weighted by Crippen LogP contribution is 2.25. The van der Waals surface area contributed by atoms with Gasteiger partial charge >= 0.3 is 5.97 Å². The van der Waals surface area contributed by atoms with Gasteiger partial charge in [-0.1, -0.05) is 23.4 Å². The van der Waals surface area contributed by atoms with Crippen molar-refractivity contribution in [3.05, 3.63) is 52.2 Å². The molecule has 0 amide bonds. The van der Waals surface area contributed by atoms with E-state index in [1.807, 2.05) is 0 Å². The standard InChI is InChI=1S/C15H9BrClN3O3S/c16-13-11(2-1-7-18-13)22-12(21)8-24-15-20-19-14(23-15)9-3-5-10(17)6-4-9/h1-7H,8H2. The average molecular weight is 427 g/mol. The highest BCUT2D eigenvalue weighted by Gasteiger charge is 2.13. The number of thioether (sulfide) groups is 1. The number of carbonyl (C=O) groups excluding carboxylic acids is 1. The van der Waals surface area contributed by atoms with Crippen LogP contribution in [0.2, 0.25) is 5.02 Å². The lowest BCUT2D eigenvalue weighted by Gasteiger charge is -2.03. The summed E-state index contributed by atoms with van der Waals surface area (Å²) in [5.74, 6) is 0.303. The molecule has 0 saturated heterocycles. The molecule has 0 aliphatic rings. The van der Waals surface area contributed by atoms with Gasteiger partial charge in [0.1, 0.15) is 10.4 Å². The molecule has 0 atom stereocenters. The lowest BCUT2D eigenvalue weighted by molar-refractivity contribution is -0.131. The molecule has 0 aliphatic heterocycles. The minimum Gasteiger partial charge on any atom is -0.423 e. The molecule has 2 heterocycles. The number of esters is 1. The predicted octanol–water partition coefficient (Wildman–Crippen LogP) is 4.25. The SMILES string of the molecule is O=C(CSc1nnc(-c2ccc(Cl)cc2)o1)Oc1cccnc1Br. The number of nitrogens with zero attached hydrogens (tertiary/aromatic N) is 3. The molecule has 3 rings (SSSR count). The Morgan fingerprint density at radius 1 is 1.25 bits per heavy atom. The number of hydrogen-bond donors (Lipinski definition) is 0. The van der Waals surface area contributed by atoms with Crippen molar-refractivity contribution in [3.63, 3.8) is 0 Å². The molecule has 0 fully saturated rings. The van der Waals surface area contributed by atoms with Crippen molar-refractivity contribution >= 4 is 45.3 Å². The fourth-order valence-corrected chi connectivity index (χ4v) is 2.69. The molecule has 0 saturated carbocycles. The maximum atomic E-state index is 11.9. The van der Waals surface area contributed by atoms with E-state index in [-0.39, 0.29) is 11.0 Å². The predicted molar refractivity (Wildman–Crippen MR) is 93.0 cm³/mol. The largest absolute Gasteiger partial charge is 0.423 e. The highest BCUT2D eigenvalue weighted by molar-refractivity contribution is 9.10. The quantitative estimate of drug-likeness (QED) is 0.343. The van der Waals surface area contributed by atoms with E-state index in [1.165, 1.54) is 0 Å². The topological polar surface area (TPSA) is 78.1 Å². The summed E-state index contributed by atoms with van der Waals surface area (Å²) in [5.41, 5.74) is 0.751. The second-order valence-electron chi connectivity index (χ2n) is 4.44. The monoisotopic (exact) mass is 425 g/mol. The van der Waals surface area contributed by atoms with E-state index in [9.17, 15) is 4.79 Å². The smallest absolute Gasteiger partial charge is 0.321 e. The second kappa shape index (κ2) is 7.78. The van der Waals surface area contributed by atoms with Gasteiger partial charge in [0.05, 0.1) is 0 Å². The van der Waals surface area contributed by atoms with Crippen LogP contribution < -0.4 is 4.74 Å². The van der Waals surface area contributed by atoms with Gasteiger partial charge in [-0.2, -0.15) is 0 Å². The third-order valence-corrected chi connectivity index (χ3v) is 4.40. The van der Waals surface area contributed by atoms with Crippen molar-refractivity contribution in [1.29, 1.82) is 0 Å². The van der Waals surface area contributed by atoms with Crippen LogP contribution in [0.15, 0.2) is 56.8 Å². The first kappa shape index (κ1) is 16.9. The van der Waals surface area contributed by atoms with Gasteiger partial charge in [-0.25, -0.2) is 4.98 Å². The molecule has 0 unspecified atom stereocenters. The van der Waals surface area contributed by atoms with Gasteiger partial charge in [0.25, 0.3) is 5.22 Å². The minimum atomic E-state index is -0.444. The first-order valence-electron chi connectivity index (χ1n) is 6.65. The lowest BCUT2D eigenvalue weighted by atomic mass is 10.2. The van der Waals surface area contributed by atoms with Crippen LogP contribution in [0.25, 0.3) is 11.5 Å². The van der Waals surface area contributed by atoms with Crippen molar-refractivity contribution < 1.29 is 13.9 Å². The van der Waals surface area contributed by atoms with Crippen LogP contribution in [-0.4, -0.2) is 26.9 Å². The van der Waals surface area contributed by atoms with E-state index in [4.69, 9.17) is 20.8 Å². The minimum absolute atomic E-state index is 0.0313. The number of pyridine rings is 1. The molecule has 24 heavy (non-hydrogen) atoms. The summed E-state index contributed by atoms with van der Waals surface area (Å²) in [5, 5.41) is 8.74. The Morgan fingerprint density at radius 2 is 2.04 bits per heavy atom. The van der Waals surface area contributed by atoms with Gasteiger partial charge in [-0.05, 0) is 52.3 Å². The first-order valence-corrected chi connectivity index (χ1v) is 8.81. The van der Waals surface area contributed by atoms with Crippen molar-refractivity contribution in [1.82, 2.24) is 15.2 Å². The summed E-state index contributed by atoms with van der Waals surface area (Å²) in [6, 6.07) is 10.3. The molecule has 2 aromatic heterocycles. The van der Waals surface area contributed by atoms with Gasteiger partial charge in [-0.15, -0.1) is 10.2 Å². The fraction of sp³-hybridized carbons (Fsp3) is 0.0667. The maximum absolute atomic E-state index is 11.9. The Morgan fingerprint density at radius 3 is 2.79 bits per heavy atom. The van der Waals surface area contributed by atoms with Crippen molar-refractivity contribution in [2.75, 3.05) is 5.75 Å². The molecule has 0 spiro atoms. The molecule has 0 aliphatic carbocycles. The third-order valence-electron chi connectivity index (χ3n) is 2.76. The number of benzene rings is 1. The van der Waals surface area contributed by atoms with E-state index in [0.717, 1.165) is 17.3 Å². The van der Waals surface area contributed by atoms with Crippen LogP contribution in [0, 0.1) is 0 Å². The fourth-order valence-electron chi connectivity index (χ4n) is 1.70. The Hall–Kier alpha value is -1.90. The highest BCUT2D eigenvalue weighted by atomic mass is 79.9. The Labute approximate surface area is 154 Å². The summed E-state index contributed by atoms with van der Waals surface area (Å²) >= 11 is 10.1. The second-order valence-corrected chi connectivity index (χ2v) is 6.55. The van der Waals surface area contributed by atoms with E-state index >= 15 is 0 Å². The number of hydrogen-bond acceptors (Lipinski definition) is 7. The molecule has 1 aromatic carbocycles. The molecule has 0 bridgehead atoms. The number of halogens is 2. The van der Waals surface area contributed by atoms with E-state index in [1.54, 1.807) is 42.6 Å². The zero-order chi connectivity index (χ0) is 16.9. The maximum Gasteiger partial charge on any atom is 0.321 e. The summed E-state index contributed by atoms with van der Waals surface area (Å²) in [4.78, 5) is 15.8. The van der Waals surface area contributed by atoms with E-state index in [2.05, 4.69) is 31.1 Å². The zero-order valence-electron chi connectivity index (χ0n) is 12.0. The molecule has 6 nitrogen and oxygen atoms in total. The number of ether oxygens (including phenoxy) is 1. The molecular weight excluding hydrogens is 418 g/mol. The zero-order valence-corrected chi connectivity index (χ0v) is 15.1. The third kappa shape index (κ3) is 4.34. The van der Waals surface area contributed by atoms with Crippen molar-refractivity contribution in [2.24, 2.45) is 0 Å². The molecule has 0 N–H and O–H groups in total. The summed E-state index contributed by atoms with van der Waals surface area (Å²) < 4.78 is 11.2. The van der Waals surface area contributed by atoms with E-state index in [0.29, 0.717) is 21.3 Å². The first-order chi connectivity index (χ1) is 11.6. The molecule has 3 aromatic rings. The van der Waals surface area contributed by atoms with Gasteiger partial charge in [0, 0.05) is 16.8 Å². The van der Waals surface area contributed by atoms with Crippen molar-refractivity contribution in [3.8, 4) is 17.2 Å². The number of aromatic nitrogens is 3. The summed E-state index contributed by atoms with van der Waals surface area (Å²) in [6.07, 6.45) is 1.59.